The van der Waals surface area contributed by atoms with Crippen LogP contribution in [0.1, 0.15) is 17.3 Å². The highest BCUT2D eigenvalue weighted by atomic mass is 32.2. The molecule has 0 fully saturated rings. The van der Waals surface area contributed by atoms with Crippen molar-refractivity contribution in [2.45, 2.75) is 11.8 Å². The van der Waals surface area contributed by atoms with Gasteiger partial charge in [-0.2, -0.15) is 0 Å². The van der Waals surface area contributed by atoms with Gasteiger partial charge in [0, 0.05) is 6.92 Å². The molecule has 2 aromatic carbocycles. The molecular weight excluding hydrogens is 362 g/mol. The van der Waals surface area contributed by atoms with Crippen molar-refractivity contribution in [1.29, 1.82) is 0 Å². The molecule has 4 N–H and O–H groups in total. The van der Waals surface area contributed by atoms with Crippen LogP contribution in [-0.4, -0.2) is 32.4 Å². The van der Waals surface area contributed by atoms with Gasteiger partial charge in [0.15, 0.2) is 0 Å². The summed E-state index contributed by atoms with van der Waals surface area (Å²) in [5, 5.41) is 12.1. The number of anilines is 1. The van der Waals surface area contributed by atoms with Gasteiger partial charge in [-0.05, 0) is 30.3 Å². The molecule has 0 radical (unpaired) electrons. The molecule has 2 rings (SSSR count). The third-order valence-electron chi connectivity index (χ3n) is 3.24. The number of rotatable bonds is 6. The lowest BCUT2D eigenvalue weighted by Gasteiger charge is -2.13. The summed E-state index contributed by atoms with van der Waals surface area (Å²) in [5.74, 6) is -1.25. The van der Waals surface area contributed by atoms with Crippen molar-refractivity contribution < 1.29 is 27.9 Å². The second-order valence-corrected chi connectivity index (χ2v) is 6.80. The first-order chi connectivity index (χ1) is 12.2. The summed E-state index contributed by atoms with van der Waals surface area (Å²) < 4.78 is 29.8. The van der Waals surface area contributed by atoms with E-state index in [9.17, 15) is 23.1 Å². The molecule has 0 saturated heterocycles. The second-order valence-electron chi connectivity index (χ2n) is 5.12. The van der Waals surface area contributed by atoms with E-state index in [1.165, 1.54) is 56.5 Å². The summed E-state index contributed by atoms with van der Waals surface area (Å²) in [7, 11) is -2.76. The van der Waals surface area contributed by atoms with E-state index in [0.29, 0.717) is 0 Å². The van der Waals surface area contributed by atoms with Crippen LogP contribution < -0.4 is 20.3 Å². The molecule has 2 amide bonds. The number of para-hydroxylation sites is 1. The Morgan fingerprint density at radius 2 is 1.81 bits per heavy atom. The Kier molecular flexibility index (Phi) is 5.80. The molecule has 2 aromatic rings. The normalized spacial score (nSPS) is 10.8. The fraction of sp³-hybridized carbons (Fsp3) is 0.125. The second kappa shape index (κ2) is 7.85. The van der Waals surface area contributed by atoms with E-state index in [1.54, 1.807) is 0 Å². The molecule has 0 aliphatic carbocycles. The lowest BCUT2D eigenvalue weighted by molar-refractivity contribution is -0.114. The first kappa shape index (κ1) is 19.2. The molecule has 0 spiro atoms. The topological polar surface area (TPSA) is 134 Å². The average molecular weight is 379 g/mol. The third-order valence-corrected chi connectivity index (χ3v) is 4.48. The van der Waals surface area contributed by atoms with Gasteiger partial charge in [-0.1, -0.05) is 12.1 Å². The summed E-state index contributed by atoms with van der Waals surface area (Å²) in [5.41, 5.74) is 2.08. The van der Waals surface area contributed by atoms with Gasteiger partial charge in [-0.15, -0.1) is 4.83 Å². The highest BCUT2D eigenvalue weighted by Gasteiger charge is 2.19. The summed E-state index contributed by atoms with van der Waals surface area (Å²) in [4.78, 5) is 24.9. The molecular formula is C16H17N3O6S. The Labute approximate surface area is 150 Å². The van der Waals surface area contributed by atoms with Crippen molar-refractivity contribution in [3.05, 3.63) is 48.0 Å². The molecule has 26 heavy (non-hydrogen) atoms. The molecule has 0 saturated carbocycles. The van der Waals surface area contributed by atoms with Crippen molar-refractivity contribution in [3.63, 3.8) is 0 Å². The van der Waals surface area contributed by atoms with Crippen molar-refractivity contribution >= 4 is 27.5 Å². The van der Waals surface area contributed by atoms with E-state index < -0.39 is 21.8 Å². The molecule has 0 unspecified atom stereocenters. The number of hydrogen-bond acceptors (Lipinski definition) is 6. The number of carbonyl (C=O) groups excluding carboxylic acids is 2. The van der Waals surface area contributed by atoms with E-state index in [4.69, 9.17) is 4.74 Å². The zero-order valence-corrected chi connectivity index (χ0v) is 14.8. The number of carbonyl (C=O) groups is 2. The predicted octanol–water partition coefficient (Wildman–Crippen LogP) is 0.982. The van der Waals surface area contributed by atoms with Crippen molar-refractivity contribution in [1.82, 2.24) is 10.3 Å². The van der Waals surface area contributed by atoms with Crippen LogP contribution in [0.3, 0.4) is 0 Å². The van der Waals surface area contributed by atoms with Gasteiger partial charge in [0.2, 0.25) is 5.91 Å². The largest absolute Gasteiger partial charge is 0.507 e. The molecule has 0 aromatic heterocycles. The molecule has 10 heteroatoms. The number of aromatic hydroxyl groups is 1. The zero-order chi connectivity index (χ0) is 19.3. The maximum absolute atomic E-state index is 12.3. The average Bonchev–Trinajstić information content (AvgIpc) is 2.59. The van der Waals surface area contributed by atoms with Crippen LogP contribution in [0.15, 0.2) is 47.4 Å². The highest BCUT2D eigenvalue weighted by molar-refractivity contribution is 7.89. The number of benzene rings is 2. The number of nitrogens with one attached hydrogen (secondary N) is 3. The van der Waals surface area contributed by atoms with Crippen LogP contribution in [0.5, 0.6) is 11.5 Å². The van der Waals surface area contributed by atoms with Gasteiger partial charge in [-0.25, -0.2) is 8.42 Å². The van der Waals surface area contributed by atoms with Gasteiger partial charge in [0.25, 0.3) is 15.9 Å². The van der Waals surface area contributed by atoms with Crippen molar-refractivity contribution in [3.8, 4) is 11.5 Å². The first-order valence-electron chi connectivity index (χ1n) is 7.30. The highest BCUT2D eigenvalue weighted by Crippen LogP contribution is 2.27. The fourth-order valence-corrected chi connectivity index (χ4v) is 2.91. The van der Waals surface area contributed by atoms with Crippen LogP contribution in [0.25, 0.3) is 0 Å². The predicted molar refractivity (Wildman–Crippen MR) is 93.2 cm³/mol. The van der Waals surface area contributed by atoms with Crippen LogP contribution in [0, 0.1) is 0 Å². The Balaban J connectivity index is 2.21. The van der Waals surface area contributed by atoms with Gasteiger partial charge in [0.1, 0.15) is 11.5 Å². The van der Waals surface area contributed by atoms with E-state index in [2.05, 4.69) is 5.32 Å². The monoisotopic (exact) mass is 379 g/mol. The Morgan fingerprint density at radius 3 is 2.42 bits per heavy atom. The number of hydrazine groups is 1. The van der Waals surface area contributed by atoms with E-state index in [0.717, 1.165) is 0 Å². The molecule has 0 aliphatic rings. The maximum atomic E-state index is 12.3. The van der Waals surface area contributed by atoms with Crippen LogP contribution in [0.4, 0.5) is 5.69 Å². The molecule has 0 bridgehead atoms. The maximum Gasteiger partial charge on any atom is 0.269 e. The van der Waals surface area contributed by atoms with Gasteiger partial charge in [-0.3, -0.25) is 15.0 Å². The van der Waals surface area contributed by atoms with E-state index in [1.807, 2.05) is 10.3 Å². The fourth-order valence-electron chi connectivity index (χ4n) is 2.05. The van der Waals surface area contributed by atoms with Crippen LogP contribution in [0.2, 0.25) is 0 Å². The number of sulfonamides is 1. The van der Waals surface area contributed by atoms with Gasteiger partial charge in [0.05, 0.1) is 23.3 Å². The van der Waals surface area contributed by atoms with Gasteiger partial charge >= 0.3 is 0 Å². The van der Waals surface area contributed by atoms with Crippen LogP contribution >= 0.6 is 0 Å². The van der Waals surface area contributed by atoms with Crippen molar-refractivity contribution in [2.75, 3.05) is 12.4 Å². The number of amides is 2. The minimum Gasteiger partial charge on any atom is -0.507 e. The number of phenols is 1. The molecule has 9 nitrogen and oxygen atoms in total. The van der Waals surface area contributed by atoms with E-state index in [-0.39, 0.29) is 27.6 Å². The van der Waals surface area contributed by atoms with Crippen molar-refractivity contribution in [2.24, 2.45) is 0 Å². The zero-order valence-electron chi connectivity index (χ0n) is 13.9. The first-order valence-corrected chi connectivity index (χ1v) is 8.78. The number of hydrogen-bond donors (Lipinski definition) is 4. The molecule has 0 atom stereocenters. The lowest BCUT2D eigenvalue weighted by Crippen LogP contribution is -2.41. The number of ether oxygens (including phenoxy) is 1. The Bertz CT molecular complexity index is 943. The quantitative estimate of drug-likeness (QED) is 0.553. The summed E-state index contributed by atoms with van der Waals surface area (Å²) in [6.07, 6.45) is 0. The van der Waals surface area contributed by atoms with Crippen LogP contribution in [-0.2, 0) is 14.8 Å². The summed E-state index contributed by atoms with van der Waals surface area (Å²) in [6.45, 7) is 1.27. The molecule has 138 valence electrons. The third kappa shape index (κ3) is 4.49. The minimum absolute atomic E-state index is 0.0936. The summed E-state index contributed by atoms with van der Waals surface area (Å²) >= 11 is 0. The minimum atomic E-state index is -4.13. The molecule has 0 heterocycles. The standard InChI is InChI=1S/C16H17N3O6S/c1-10(20)17-13-9-11(7-8-15(13)25-2)26(23,24)19-18-16(22)12-5-3-4-6-14(12)21/h3-9,19,21H,1-2H3,(H,17,20)(H,18,22). The molecule has 0 aliphatic heterocycles. The summed E-state index contributed by atoms with van der Waals surface area (Å²) in [6, 6.07) is 9.48. The Morgan fingerprint density at radius 1 is 1.12 bits per heavy atom. The SMILES string of the molecule is COc1ccc(S(=O)(=O)NNC(=O)c2ccccc2O)cc1NC(C)=O. The number of methoxy groups -OCH3 is 1. The van der Waals surface area contributed by atoms with Gasteiger partial charge < -0.3 is 15.2 Å². The number of phenolic OH excluding ortho intramolecular Hbond substituents is 1. The Hall–Kier alpha value is -3.11. The lowest BCUT2D eigenvalue weighted by atomic mass is 10.2. The van der Waals surface area contributed by atoms with E-state index >= 15 is 0 Å². The smallest absolute Gasteiger partial charge is 0.269 e.